The van der Waals surface area contributed by atoms with Crippen LogP contribution in [0, 0.1) is 25.7 Å². The molecule has 4 heteroatoms. The molecule has 0 bridgehead atoms. The third-order valence-electron chi connectivity index (χ3n) is 6.67. The summed E-state index contributed by atoms with van der Waals surface area (Å²) in [7, 11) is 0. The number of piperidine rings is 1. The zero-order chi connectivity index (χ0) is 22.2. The lowest BCUT2D eigenvalue weighted by Gasteiger charge is -2.37. The molecule has 4 nitrogen and oxygen atoms in total. The molecule has 164 valence electrons. The predicted molar refractivity (Wildman–Crippen MR) is 132 cm³/mol. The summed E-state index contributed by atoms with van der Waals surface area (Å²) >= 11 is 0. The summed E-state index contributed by atoms with van der Waals surface area (Å²) in [6, 6.07) is 21.3. The molecule has 3 heterocycles. The molecule has 0 spiro atoms. The molecule has 2 aromatic carbocycles. The van der Waals surface area contributed by atoms with Gasteiger partial charge in [-0.15, -0.1) is 0 Å². The van der Waals surface area contributed by atoms with E-state index >= 15 is 0 Å². The first-order valence-corrected chi connectivity index (χ1v) is 11.7. The minimum absolute atomic E-state index is 0.664. The van der Waals surface area contributed by atoms with Gasteiger partial charge in [-0.05, 0) is 43.2 Å². The van der Waals surface area contributed by atoms with Gasteiger partial charge in [0.15, 0.2) is 5.65 Å². The van der Waals surface area contributed by atoms with Crippen LogP contribution >= 0.6 is 0 Å². The Labute approximate surface area is 190 Å². The molecule has 0 radical (unpaired) electrons. The van der Waals surface area contributed by atoms with Gasteiger partial charge in [0.05, 0.1) is 5.69 Å². The molecule has 1 aliphatic heterocycles. The lowest BCUT2D eigenvalue weighted by atomic mass is 9.91. The molecule has 0 saturated carbocycles. The summed E-state index contributed by atoms with van der Waals surface area (Å²) in [6.45, 7) is 11.1. The summed E-state index contributed by atoms with van der Waals surface area (Å²) in [5, 5.41) is 5.07. The van der Waals surface area contributed by atoms with Gasteiger partial charge in [-0.1, -0.05) is 74.5 Å². The molecule has 5 rings (SSSR count). The van der Waals surface area contributed by atoms with Crippen molar-refractivity contribution in [3.63, 3.8) is 0 Å². The summed E-state index contributed by atoms with van der Waals surface area (Å²) in [4.78, 5) is 7.71. The van der Waals surface area contributed by atoms with Crippen LogP contribution in [0.1, 0.15) is 42.8 Å². The standard InChI is InChI=1S/C28H32N4/c1-19-15-20(2)18-31(17-19)28-25(16-23-11-7-5-8-12-23)21(3)29-27-26(22(4)30-32(27)28)24-13-9-6-10-14-24/h5-14,19-20H,15-18H2,1-4H3. The first-order chi connectivity index (χ1) is 15.5. The third kappa shape index (κ3) is 3.79. The Morgan fingerprint density at radius 3 is 2.12 bits per heavy atom. The first-order valence-electron chi connectivity index (χ1n) is 11.7. The van der Waals surface area contributed by atoms with Crippen molar-refractivity contribution >= 4 is 11.5 Å². The van der Waals surface area contributed by atoms with Crippen molar-refractivity contribution in [3.05, 3.63) is 83.2 Å². The van der Waals surface area contributed by atoms with E-state index in [-0.39, 0.29) is 0 Å². The monoisotopic (exact) mass is 424 g/mol. The van der Waals surface area contributed by atoms with Crippen molar-refractivity contribution in [1.82, 2.24) is 14.6 Å². The van der Waals surface area contributed by atoms with Gasteiger partial charge in [-0.3, -0.25) is 0 Å². The maximum Gasteiger partial charge on any atom is 0.165 e. The molecular weight excluding hydrogens is 392 g/mol. The predicted octanol–water partition coefficient (Wildman–Crippen LogP) is 6.09. The van der Waals surface area contributed by atoms with Gasteiger partial charge in [0, 0.05) is 36.3 Å². The molecule has 2 atom stereocenters. The van der Waals surface area contributed by atoms with Crippen LogP contribution in [-0.2, 0) is 6.42 Å². The Balaban J connectivity index is 1.75. The van der Waals surface area contributed by atoms with Gasteiger partial charge >= 0.3 is 0 Å². The largest absolute Gasteiger partial charge is 0.356 e. The van der Waals surface area contributed by atoms with E-state index in [1.165, 1.54) is 28.9 Å². The Morgan fingerprint density at radius 2 is 1.47 bits per heavy atom. The van der Waals surface area contributed by atoms with Crippen molar-refractivity contribution < 1.29 is 0 Å². The number of aromatic nitrogens is 3. The Hall–Kier alpha value is -3.14. The number of hydrogen-bond acceptors (Lipinski definition) is 3. The summed E-state index contributed by atoms with van der Waals surface area (Å²) in [5.74, 6) is 2.55. The topological polar surface area (TPSA) is 33.4 Å². The van der Waals surface area contributed by atoms with Crippen molar-refractivity contribution in [1.29, 1.82) is 0 Å². The number of benzene rings is 2. The van der Waals surface area contributed by atoms with E-state index in [0.717, 1.165) is 42.1 Å². The maximum absolute atomic E-state index is 5.14. The quantitative estimate of drug-likeness (QED) is 0.398. The second-order valence-electron chi connectivity index (χ2n) is 9.57. The summed E-state index contributed by atoms with van der Waals surface area (Å²) in [5.41, 5.74) is 7.99. The number of anilines is 1. The second kappa shape index (κ2) is 8.42. The van der Waals surface area contributed by atoms with E-state index in [1.54, 1.807) is 0 Å². The summed E-state index contributed by atoms with van der Waals surface area (Å²) in [6.07, 6.45) is 2.15. The highest BCUT2D eigenvalue weighted by atomic mass is 15.4. The van der Waals surface area contributed by atoms with Crippen LogP contribution in [0.2, 0.25) is 0 Å². The first kappa shape index (κ1) is 20.7. The summed E-state index contributed by atoms with van der Waals surface area (Å²) < 4.78 is 2.13. The number of rotatable bonds is 4. The lowest BCUT2D eigenvalue weighted by molar-refractivity contribution is 0.353. The molecule has 0 aliphatic carbocycles. The van der Waals surface area contributed by atoms with Crippen LogP contribution in [0.4, 0.5) is 5.82 Å². The second-order valence-corrected chi connectivity index (χ2v) is 9.57. The van der Waals surface area contributed by atoms with E-state index in [2.05, 4.69) is 97.8 Å². The van der Waals surface area contributed by atoms with Crippen LogP contribution in [0.25, 0.3) is 16.8 Å². The average Bonchev–Trinajstić information content (AvgIpc) is 3.10. The van der Waals surface area contributed by atoms with Gasteiger partial charge in [0.1, 0.15) is 5.82 Å². The van der Waals surface area contributed by atoms with Crippen LogP contribution in [0.5, 0.6) is 0 Å². The molecule has 0 N–H and O–H groups in total. The minimum atomic E-state index is 0.664. The molecule has 4 aromatic rings. The molecule has 1 fully saturated rings. The smallest absolute Gasteiger partial charge is 0.165 e. The van der Waals surface area contributed by atoms with Gasteiger partial charge in [-0.25, -0.2) is 4.98 Å². The van der Waals surface area contributed by atoms with E-state index in [4.69, 9.17) is 10.1 Å². The zero-order valence-corrected chi connectivity index (χ0v) is 19.5. The van der Waals surface area contributed by atoms with E-state index in [1.807, 2.05) is 0 Å². The molecule has 2 aromatic heterocycles. The van der Waals surface area contributed by atoms with E-state index in [0.29, 0.717) is 11.8 Å². The van der Waals surface area contributed by atoms with E-state index < -0.39 is 0 Å². The Bertz CT molecular complexity index is 1220. The fourth-order valence-corrected chi connectivity index (χ4v) is 5.39. The van der Waals surface area contributed by atoms with Crippen molar-refractivity contribution in [2.75, 3.05) is 18.0 Å². The molecule has 32 heavy (non-hydrogen) atoms. The zero-order valence-electron chi connectivity index (χ0n) is 19.5. The number of aryl methyl sites for hydroxylation is 2. The van der Waals surface area contributed by atoms with Crippen LogP contribution in [0.15, 0.2) is 60.7 Å². The molecule has 1 aliphatic rings. The number of hydrogen-bond donors (Lipinski definition) is 0. The Morgan fingerprint density at radius 1 is 0.844 bits per heavy atom. The van der Waals surface area contributed by atoms with E-state index in [9.17, 15) is 0 Å². The fraction of sp³-hybridized carbons (Fsp3) is 0.357. The molecular formula is C28H32N4. The normalized spacial score (nSPS) is 18.9. The van der Waals surface area contributed by atoms with Crippen molar-refractivity contribution in [3.8, 4) is 11.1 Å². The fourth-order valence-electron chi connectivity index (χ4n) is 5.39. The van der Waals surface area contributed by atoms with Gasteiger partial charge in [0.25, 0.3) is 0 Å². The van der Waals surface area contributed by atoms with Gasteiger partial charge in [0.2, 0.25) is 0 Å². The van der Waals surface area contributed by atoms with Crippen molar-refractivity contribution in [2.45, 2.75) is 40.5 Å². The lowest BCUT2D eigenvalue weighted by Crippen LogP contribution is -2.40. The maximum atomic E-state index is 5.14. The highest BCUT2D eigenvalue weighted by molar-refractivity contribution is 5.81. The van der Waals surface area contributed by atoms with Crippen molar-refractivity contribution in [2.24, 2.45) is 11.8 Å². The molecule has 1 saturated heterocycles. The van der Waals surface area contributed by atoms with Crippen LogP contribution < -0.4 is 4.90 Å². The SMILES string of the molecule is Cc1nc2c(-c3ccccc3)c(C)nn2c(N2CC(C)CC(C)C2)c1Cc1ccccc1. The minimum Gasteiger partial charge on any atom is -0.356 e. The average molecular weight is 425 g/mol. The Kier molecular flexibility index (Phi) is 5.46. The van der Waals surface area contributed by atoms with Crippen LogP contribution in [0.3, 0.4) is 0 Å². The highest BCUT2D eigenvalue weighted by Crippen LogP contribution is 2.35. The molecule has 2 unspecified atom stereocenters. The highest BCUT2D eigenvalue weighted by Gasteiger charge is 2.28. The van der Waals surface area contributed by atoms with Crippen LogP contribution in [-0.4, -0.2) is 27.7 Å². The van der Waals surface area contributed by atoms with Gasteiger partial charge < -0.3 is 4.90 Å². The third-order valence-corrected chi connectivity index (χ3v) is 6.67. The number of fused-ring (bicyclic) bond motifs is 1. The van der Waals surface area contributed by atoms with Gasteiger partial charge in [-0.2, -0.15) is 9.61 Å². The molecule has 0 amide bonds. The number of nitrogens with zero attached hydrogens (tertiary/aromatic N) is 4.